The molecule has 0 saturated carbocycles. The van der Waals surface area contributed by atoms with Crippen molar-refractivity contribution in [2.75, 3.05) is 0 Å². The van der Waals surface area contributed by atoms with E-state index in [0.717, 1.165) is 6.92 Å². The van der Waals surface area contributed by atoms with Gasteiger partial charge in [-0.05, 0) is 19.9 Å². The number of halogens is 4. The first-order valence-corrected chi connectivity index (χ1v) is 5.97. The van der Waals surface area contributed by atoms with Gasteiger partial charge < -0.3 is 5.32 Å². The molecule has 2 heterocycles. The van der Waals surface area contributed by atoms with Crippen molar-refractivity contribution < 1.29 is 18.0 Å². The molecule has 1 atom stereocenters. The summed E-state index contributed by atoms with van der Waals surface area (Å²) in [4.78, 5) is 15.7. The van der Waals surface area contributed by atoms with Crippen LogP contribution in [0.5, 0.6) is 0 Å². The van der Waals surface area contributed by atoms with Crippen molar-refractivity contribution in [3.8, 4) is 0 Å². The maximum Gasteiger partial charge on any atom is 0.408 e. The Morgan fingerprint density at radius 2 is 2.10 bits per heavy atom. The molecule has 0 bridgehead atoms. The summed E-state index contributed by atoms with van der Waals surface area (Å²) in [5.41, 5.74) is 0.752. The molecule has 0 radical (unpaired) electrons. The zero-order valence-electron chi connectivity index (χ0n) is 10.5. The topological polar surface area (TPSA) is 59.3 Å². The number of aromatic nitrogens is 3. The van der Waals surface area contributed by atoms with Gasteiger partial charge in [-0.1, -0.05) is 11.6 Å². The van der Waals surface area contributed by atoms with E-state index in [1.807, 2.05) is 5.32 Å². The number of rotatable bonds is 2. The number of carbonyl (C=O) groups excluding carboxylic acids is 1. The quantitative estimate of drug-likeness (QED) is 0.867. The van der Waals surface area contributed by atoms with Crippen molar-refractivity contribution in [2.24, 2.45) is 0 Å². The van der Waals surface area contributed by atoms with E-state index >= 15 is 0 Å². The average Bonchev–Trinajstić information content (AvgIpc) is 2.71. The third kappa shape index (κ3) is 2.84. The fraction of sp³-hybridized carbons (Fsp3) is 0.364. The number of nitrogens with zero attached hydrogens (tertiary/aromatic N) is 3. The molecule has 0 aliphatic carbocycles. The van der Waals surface area contributed by atoms with E-state index in [4.69, 9.17) is 11.6 Å². The van der Waals surface area contributed by atoms with Gasteiger partial charge in [-0.2, -0.15) is 18.3 Å². The SMILES string of the molecule is Cc1cc(Cl)nc2cc(C(=O)N[C@@H](C)C(F)(F)F)nn12. The van der Waals surface area contributed by atoms with Crippen molar-refractivity contribution in [1.82, 2.24) is 19.9 Å². The van der Waals surface area contributed by atoms with Crippen LogP contribution in [-0.4, -0.2) is 32.7 Å². The Hall–Kier alpha value is -1.83. The molecular weight excluding hydrogens is 297 g/mol. The van der Waals surface area contributed by atoms with Crippen molar-refractivity contribution in [2.45, 2.75) is 26.1 Å². The van der Waals surface area contributed by atoms with Gasteiger partial charge in [0.1, 0.15) is 11.2 Å². The first-order chi connectivity index (χ1) is 9.18. The van der Waals surface area contributed by atoms with Crippen LogP contribution in [0.25, 0.3) is 5.65 Å². The number of hydrogen-bond donors (Lipinski definition) is 1. The maximum absolute atomic E-state index is 12.4. The van der Waals surface area contributed by atoms with E-state index in [0.29, 0.717) is 11.3 Å². The molecule has 20 heavy (non-hydrogen) atoms. The third-order valence-corrected chi connectivity index (χ3v) is 2.84. The molecule has 2 rings (SSSR count). The molecule has 9 heteroatoms. The summed E-state index contributed by atoms with van der Waals surface area (Å²) in [7, 11) is 0. The van der Waals surface area contributed by atoms with Gasteiger partial charge in [0.2, 0.25) is 0 Å². The van der Waals surface area contributed by atoms with Crippen LogP contribution in [0.1, 0.15) is 23.1 Å². The number of carbonyl (C=O) groups is 1. The second-order valence-corrected chi connectivity index (χ2v) is 4.64. The Labute approximate surface area is 116 Å². The normalized spacial score (nSPS) is 13.5. The molecule has 0 fully saturated rings. The highest BCUT2D eigenvalue weighted by Crippen LogP contribution is 2.20. The third-order valence-electron chi connectivity index (χ3n) is 2.65. The first kappa shape index (κ1) is 14.6. The number of alkyl halides is 3. The molecule has 1 amide bonds. The van der Waals surface area contributed by atoms with Crippen LogP contribution in [-0.2, 0) is 0 Å². The molecule has 0 aliphatic rings. The minimum absolute atomic E-state index is 0.154. The Bertz CT molecular complexity index is 667. The minimum Gasteiger partial charge on any atom is -0.339 e. The number of nitrogens with one attached hydrogen (secondary N) is 1. The van der Waals surface area contributed by atoms with Gasteiger partial charge >= 0.3 is 6.18 Å². The van der Waals surface area contributed by atoms with Gasteiger partial charge in [0.05, 0.1) is 0 Å². The average molecular weight is 307 g/mol. The zero-order valence-corrected chi connectivity index (χ0v) is 11.2. The molecule has 0 aromatic carbocycles. The number of fused-ring (bicyclic) bond motifs is 1. The lowest BCUT2D eigenvalue weighted by atomic mass is 10.3. The van der Waals surface area contributed by atoms with Gasteiger partial charge in [-0.15, -0.1) is 0 Å². The smallest absolute Gasteiger partial charge is 0.339 e. The molecule has 0 aliphatic heterocycles. The summed E-state index contributed by atoms with van der Waals surface area (Å²) >= 11 is 5.76. The van der Waals surface area contributed by atoms with E-state index in [1.54, 1.807) is 6.92 Å². The first-order valence-electron chi connectivity index (χ1n) is 5.59. The highest BCUT2D eigenvalue weighted by atomic mass is 35.5. The lowest BCUT2D eigenvalue weighted by molar-refractivity contribution is -0.149. The van der Waals surface area contributed by atoms with Crippen LogP contribution in [0.3, 0.4) is 0 Å². The minimum atomic E-state index is -4.51. The van der Waals surface area contributed by atoms with E-state index in [1.165, 1.54) is 16.6 Å². The van der Waals surface area contributed by atoms with Gasteiger partial charge in [0.25, 0.3) is 5.91 Å². The second-order valence-electron chi connectivity index (χ2n) is 4.26. The lowest BCUT2D eigenvalue weighted by Crippen LogP contribution is -2.43. The summed E-state index contributed by atoms with van der Waals surface area (Å²) in [5.74, 6) is -0.921. The van der Waals surface area contributed by atoms with Crippen molar-refractivity contribution in [3.63, 3.8) is 0 Å². The Morgan fingerprint density at radius 1 is 1.45 bits per heavy atom. The molecular formula is C11H10ClF3N4O. The highest BCUT2D eigenvalue weighted by Gasteiger charge is 2.37. The Kier molecular flexibility index (Phi) is 3.59. The molecule has 5 nitrogen and oxygen atoms in total. The standard InChI is InChI=1S/C11H10ClF3N4O/c1-5-3-8(12)17-9-4-7(18-19(5)9)10(20)16-6(2)11(13,14)15/h3-4,6H,1-2H3,(H,16,20)/t6-/m0/s1. The maximum atomic E-state index is 12.4. The van der Waals surface area contributed by atoms with Gasteiger partial charge in [-0.3, -0.25) is 4.79 Å². The Balaban J connectivity index is 2.30. The van der Waals surface area contributed by atoms with Crippen LogP contribution < -0.4 is 5.32 Å². The summed E-state index contributed by atoms with van der Waals surface area (Å²) < 4.78 is 38.5. The molecule has 2 aromatic rings. The van der Waals surface area contributed by atoms with Crippen LogP contribution in [0.4, 0.5) is 13.2 Å². The fourth-order valence-electron chi connectivity index (χ4n) is 1.55. The predicted octanol–water partition coefficient (Wildman–Crippen LogP) is 2.37. The van der Waals surface area contributed by atoms with Crippen molar-refractivity contribution in [3.05, 3.63) is 28.7 Å². The van der Waals surface area contributed by atoms with Gasteiger partial charge in [0, 0.05) is 11.8 Å². The fourth-order valence-corrected chi connectivity index (χ4v) is 1.79. The highest BCUT2D eigenvalue weighted by molar-refractivity contribution is 6.29. The summed E-state index contributed by atoms with van der Waals surface area (Å²) in [6, 6.07) is 0.844. The zero-order chi connectivity index (χ0) is 15.1. The Morgan fingerprint density at radius 3 is 2.70 bits per heavy atom. The van der Waals surface area contributed by atoms with E-state index in [9.17, 15) is 18.0 Å². The van der Waals surface area contributed by atoms with Gasteiger partial charge in [-0.25, -0.2) is 9.50 Å². The second kappa shape index (κ2) is 4.93. The van der Waals surface area contributed by atoms with Crippen LogP contribution >= 0.6 is 11.6 Å². The van der Waals surface area contributed by atoms with Crippen LogP contribution in [0, 0.1) is 6.92 Å². The lowest BCUT2D eigenvalue weighted by Gasteiger charge is -2.16. The van der Waals surface area contributed by atoms with Crippen molar-refractivity contribution >= 4 is 23.2 Å². The number of amides is 1. The summed E-state index contributed by atoms with van der Waals surface area (Å²) in [6.45, 7) is 2.54. The van der Waals surface area contributed by atoms with E-state index in [-0.39, 0.29) is 10.8 Å². The molecule has 2 aromatic heterocycles. The summed E-state index contributed by atoms with van der Waals surface area (Å²) in [6.07, 6.45) is -4.51. The molecule has 108 valence electrons. The molecule has 0 unspecified atom stereocenters. The monoisotopic (exact) mass is 306 g/mol. The molecule has 0 saturated heterocycles. The van der Waals surface area contributed by atoms with Crippen LogP contribution in [0.15, 0.2) is 12.1 Å². The number of aryl methyl sites for hydroxylation is 1. The molecule has 1 N–H and O–H groups in total. The van der Waals surface area contributed by atoms with E-state index < -0.39 is 18.1 Å². The van der Waals surface area contributed by atoms with Crippen molar-refractivity contribution in [1.29, 1.82) is 0 Å². The van der Waals surface area contributed by atoms with Gasteiger partial charge in [0.15, 0.2) is 11.3 Å². The largest absolute Gasteiger partial charge is 0.408 e. The predicted molar refractivity (Wildman–Crippen MR) is 65.7 cm³/mol. The summed E-state index contributed by atoms with van der Waals surface area (Å²) in [5, 5.41) is 5.95. The van der Waals surface area contributed by atoms with E-state index in [2.05, 4.69) is 10.1 Å². The number of hydrogen-bond acceptors (Lipinski definition) is 3. The van der Waals surface area contributed by atoms with Crippen LogP contribution in [0.2, 0.25) is 5.15 Å². The molecule has 0 spiro atoms.